The summed E-state index contributed by atoms with van der Waals surface area (Å²) in [5.41, 5.74) is -0.0218. The van der Waals surface area contributed by atoms with Crippen molar-refractivity contribution < 1.29 is 13.6 Å². The number of Topliss-reactive ketones (excluding diaryl/α,β-unsaturated/α-hetero) is 1. The summed E-state index contributed by atoms with van der Waals surface area (Å²) in [6.07, 6.45) is 2.95. The van der Waals surface area contributed by atoms with Crippen LogP contribution in [-0.2, 0) is 0 Å². The molecule has 1 heterocycles. The van der Waals surface area contributed by atoms with Gasteiger partial charge in [-0.3, -0.25) is 9.69 Å². The molecule has 0 atom stereocenters. The Morgan fingerprint density at radius 2 is 2.05 bits per heavy atom. The number of nitrogens with zero attached hydrogens (tertiary/aromatic N) is 1. The maximum atomic E-state index is 13.7. The van der Waals surface area contributed by atoms with Gasteiger partial charge in [0.1, 0.15) is 11.6 Å². The molecule has 1 aliphatic heterocycles. The number of carbonyl (C=O) groups excluding carboxylic acids is 1. The van der Waals surface area contributed by atoms with Gasteiger partial charge in [0.15, 0.2) is 5.78 Å². The molecule has 1 aromatic rings. The number of benzene rings is 1. The zero-order chi connectivity index (χ0) is 15.2. The number of hydrogen-bond acceptors (Lipinski definition) is 3. The number of carbonyl (C=O) groups is 1. The van der Waals surface area contributed by atoms with Crippen LogP contribution in [-0.4, -0.2) is 42.9 Å². The fourth-order valence-electron chi connectivity index (χ4n) is 2.84. The highest BCUT2D eigenvalue weighted by molar-refractivity contribution is 5.97. The first-order valence-corrected chi connectivity index (χ1v) is 7.55. The summed E-state index contributed by atoms with van der Waals surface area (Å²) in [6.45, 7) is 4.98. The summed E-state index contributed by atoms with van der Waals surface area (Å²) < 4.78 is 26.6. The highest BCUT2D eigenvalue weighted by Crippen LogP contribution is 2.15. The topological polar surface area (TPSA) is 32.3 Å². The molecule has 0 aromatic heterocycles. The molecule has 1 N–H and O–H groups in total. The number of halogens is 2. The highest BCUT2D eigenvalue weighted by Gasteiger charge is 2.23. The van der Waals surface area contributed by atoms with Crippen molar-refractivity contribution in [2.24, 2.45) is 0 Å². The second kappa shape index (κ2) is 7.61. The van der Waals surface area contributed by atoms with Gasteiger partial charge in [-0.05, 0) is 51.0 Å². The van der Waals surface area contributed by atoms with Crippen molar-refractivity contribution in [2.45, 2.75) is 32.2 Å². The molecule has 2 rings (SSSR count). The average Bonchev–Trinajstić information content (AvgIpc) is 2.47. The van der Waals surface area contributed by atoms with Crippen LogP contribution in [0.15, 0.2) is 18.2 Å². The molecule has 0 amide bonds. The maximum Gasteiger partial charge on any atom is 0.179 e. The monoisotopic (exact) mass is 296 g/mol. The van der Waals surface area contributed by atoms with E-state index < -0.39 is 11.6 Å². The van der Waals surface area contributed by atoms with E-state index in [1.54, 1.807) is 0 Å². The molecule has 0 unspecified atom stereocenters. The summed E-state index contributed by atoms with van der Waals surface area (Å²) in [5, 5.41) is 3.30. The van der Waals surface area contributed by atoms with Crippen LogP contribution in [0.25, 0.3) is 0 Å². The van der Waals surface area contributed by atoms with Gasteiger partial charge in [-0.25, -0.2) is 8.78 Å². The second-order valence-corrected chi connectivity index (χ2v) is 5.50. The van der Waals surface area contributed by atoms with Crippen LogP contribution in [0.4, 0.5) is 8.78 Å². The van der Waals surface area contributed by atoms with Gasteiger partial charge >= 0.3 is 0 Å². The third-order valence-electron chi connectivity index (χ3n) is 3.91. The molecule has 0 radical (unpaired) electrons. The first-order valence-electron chi connectivity index (χ1n) is 7.55. The molecule has 1 aromatic carbocycles. The fraction of sp³-hybridized carbons (Fsp3) is 0.562. The van der Waals surface area contributed by atoms with E-state index in [0.717, 1.165) is 51.0 Å². The summed E-state index contributed by atoms with van der Waals surface area (Å²) >= 11 is 0. The SMILES string of the molecule is CCCN(CC(=O)c1ccc(F)cc1F)C1CCNCC1. The zero-order valence-corrected chi connectivity index (χ0v) is 12.4. The largest absolute Gasteiger partial charge is 0.317 e. The van der Waals surface area contributed by atoms with Crippen molar-refractivity contribution in [3.63, 3.8) is 0 Å². The van der Waals surface area contributed by atoms with Crippen LogP contribution < -0.4 is 5.32 Å². The molecule has 116 valence electrons. The predicted octanol–water partition coefficient (Wildman–Crippen LogP) is 2.61. The Bertz CT molecular complexity index is 487. The lowest BCUT2D eigenvalue weighted by atomic mass is 10.0. The van der Waals surface area contributed by atoms with E-state index in [4.69, 9.17) is 0 Å². The van der Waals surface area contributed by atoms with Gasteiger partial charge in [0, 0.05) is 12.1 Å². The first-order chi connectivity index (χ1) is 10.1. The van der Waals surface area contributed by atoms with Gasteiger partial charge in [0.25, 0.3) is 0 Å². The first kappa shape index (κ1) is 16.0. The lowest BCUT2D eigenvalue weighted by Gasteiger charge is -2.34. The maximum absolute atomic E-state index is 13.7. The Balaban J connectivity index is 2.06. The molecule has 21 heavy (non-hydrogen) atoms. The third kappa shape index (κ3) is 4.32. The van der Waals surface area contributed by atoms with Gasteiger partial charge in [0.2, 0.25) is 0 Å². The molecule has 1 fully saturated rings. The van der Waals surface area contributed by atoms with Gasteiger partial charge in [-0.1, -0.05) is 6.92 Å². The summed E-state index contributed by atoms with van der Waals surface area (Å²) in [7, 11) is 0. The van der Waals surface area contributed by atoms with E-state index in [-0.39, 0.29) is 17.9 Å². The quantitative estimate of drug-likeness (QED) is 0.819. The van der Waals surface area contributed by atoms with Crippen molar-refractivity contribution in [1.29, 1.82) is 0 Å². The number of hydrogen-bond donors (Lipinski definition) is 1. The fourth-order valence-corrected chi connectivity index (χ4v) is 2.84. The van der Waals surface area contributed by atoms with E-state index in [0.29, 0.717) is 6.04 Å². The molecule has 0 saturated carbocycles. The minimum absolute atomic E-state index is 0.0218. The molecule has 3 nitrogen and oxygen atoms in total. The number of ketones is 1. The predicted molar refractivity (Wildman–Crippen MR) is 78.4 cm³/mol. The van der Waals surface area contributed by atoms with Crippen molar-refractivity contribution in [2.75, 3.05) is 26.2 Å². The third-order valence-corrected chi connectivity index (χ3v) is 3.91. The number of nitrogens with one attached hydrogen (secondary N) is 1. The molecular weight excluding hydrogens is 274 g/mol. The zero-order valence-electron chi connectivity index (χ0n) is 12.4. The molecular formula is C16H22F2N2O. The Morgan fingerprint density at radius 1 is 1.33 bits per heavy atom. The summed E-state index contributed by atoms with van der Waals surface area (Å²) in [5.74, 6) is -1.71. The van der Waals surface area contributed by atoms with Crippen LogP contribution in [0.5, 0.6) is 0 Å². The van der Waals surface area contributed by atoms with E-state index in [1.807, 2.05) is 0 Å². The van der Waals surface area contributed by atoms with E-state index in [1.165, 1.54) is 6.07 Å². The van der Waals surface area contributed by atoms with Crippen LogP contribution in [0.2, 0.25) is 0 Å². The Kier molecular flexibility index (Phi) is 5.82. The molecule has 5 heteroatoms. The molecule has 0 bridgehead atoms. The van der Waals surface area contributed by atoms with Gasteiger partial charge in [-0.15, -0.1) is 0 Å². The van der Waals surface area contributed by atoms with Gasteiger partial charge in [0.05, 0.1) is 12.1 Å². The summed E-state index contributed by atoms with van der Waals surface area (Å²) in [4.78, 5) is 14.4. The normalized spacial score (nSPS) is 16.4. The van der Waals surface area contributed by atoms with Crippen LogP contribution >= 0.6 is 0 Å². The van der Waals surface area contributed by atoms with Crippen molar-refractivity contribution in [3.05, 3.63) is 35.4 Å². The standard InChI is InChI=1S/C16H22F2N2O/c1-2-9-20(13-5-7-19-8-6-13)11-16(21)14-4-3-12(17)10-15(14)18/h3-4,10,13,19H,2,5-9,11H2,1H3. The van der Waals surface area contributed by atoms with E-state index in [9.17, 15) is 13.6 Å². The minimum atomic E-state index is -0.776. The van der Waals surface area contributed by atoms with Crippen LogP contribution in [0, 0.1) is 11.6 Å². The number of rotatable bonds is 6. The molecule has 1 saturated heterocycles. The van der Waals surface area contributed by atoms with E-state index >= 15 is 0 Å². The Hall–Kier alpha value is -1.33. The smallest absolute Gasteiger partial charge is 0.179 e. The molecule has 0 spiro atoms. The summed E-state index contributed by atoms with van der Waals surface area (Å²) in [6, 6.07) is 3.49. The highest BCUT2D eigenvalue weighted by atomic mass is 19.1. The number of piperidine rings is 1. The van der Waals surface area contributed by atoms with Crippen LogP contribution in [0.1, 0.15) is 36.5 Å². The lowest BCUT2D eigenvalue weighted by Crippen LogP contribution is -2.45. The van der Waals surface area contributed by atoms with Crippen LogP contribution in [0.3, 0.4) is 0 Å². The van der Waals surface area contributed by atoms with Gasteiger partial charge < -0.3 is 5.32 Å². The molecule has 0 aliphatic carbocycles. The average molecular weight is 296 g/mol. The Morgan fingerprint density at radius 3 is 2.67 bits per heavy atom. The minimum Gasteiger partial charge on any atom is -0.317 e. The lowest BCUT2D eigenvalue weighted by molar-refractivity contribution is 0.0861. The molecule has 1 aliphatic rings. The van der Waals surface area contributed by atoms with Crippen molar-refractivity contribution in [3.8, 4) is 0 Å². The van der Waals surface area contributed by atoms with E-state index in [2.05, 4.69) is 17.1 Å². The van der Waals surface area contributed by atoms with Crippen molar-refractivity contribution in [1.82, 2.24) is 10.2 Å². The van der Waals surface area contributed by atoms with Crippen molar-refractivity contribution >= 4 is 5.78 Å². The van der Waals surface area contributed by atoms with Gasteiger partial charge in [-0.2, -0.15) is 0 Å². The Labute approximate surface area is 124 Å². The second-order valence-electron chi connectivity index (χ2n) is 5.50.